The van der Waals surface area contributed by atoms with Crippen LogP contribution in [0, 0.1) is 11.8 Å². The van der Waals surface area contributed by atoms with Gasteiger partial charge in [0.25, 0.3) is 0 Å². The summed E-state index contributed by atoms with van der Waals surface area (Å²) in [7, 11) is 0. The number of rotatable bonds is 9. The molecular weight excluding hydrogens is 641 g/mol. The summed E-state index contributed by atoms with van der Waals surface area (Å²) in [5.74, 6) is 1.35. The Morgan fingerprint density at radius 2 is 1.17 bits per heavy atom. The van der Waals surface area contributed by atoms with E-state index >= 15 is 0 Å². The van der Waals surface area contributed by atoms with Crippen LogP contribution in [-0.2, 0) is 5.41 Å². The fourth-order valence-electron chi connectivity index (χ4n) is 9.62. The van der Waals surface area contributed by atoms with Crippen molar-refractivity contribution in [2.45, 2.75) is 44.9 Å². The molecule has 1 spiro atoms. The molecule has 3 atom stereocenters. The molecular formula is C51H46N2. The minimum atomic E-state index is 0.0632. The first-order chi connectivity index (χ1) is 26.1. The van der Waals surface area contributed by atoms with E-state index in [0.29, 0.717) is 11.8 Å². The van der Waals surface area contributed by atoms with E-state index in [0.717, 1.165) is 22.7 Å². The Morgan fingerprint density at radius 3 is 1.98 bits per heavy atom. The highest BCUT2D eigenvalue weighted by Crippen LogP contribution is 2.62. The molecule has 3 unspecified atom stereocenters. The Hall–Kier alpha value is -5.86. The van der Waals surface area contributed by atoms with E-state index in [9.17, 15) is 0 Å². The number of nitrogens with one attached hydrogen (secondary N) is 1. The SMILES string of the molecule is CCCC1CC(C)CC12c1ccccc1-c1ccc(N(c3ccccc3)c3cccc(-c4cccc(-c5ccccc5Nc5ccccc5)c4)c3)cc12. The van der Waals surface area contributed by atoms with Crippen molar-refractivity contribution in [2.75, 3.05) is 10.2 Å². The summed E-state index contributed by atoms with van der Waals surface area (Å²) in [4.78, 5) is 2.45. The van der Waals surface area contributed by atoms with Crippen LogP contribution in [0.3, 0.4) is 0 Å². The largest absolute Gasteiger partial charge is 0.355 e. The summed E-state index contributed by atoms with van der Waals surface area (Å²) in [6.45, 7) is 4.83. The first kappa shape index (κ1) is 33.0. The van der Waals surface area contributed by atoms with Crippen LogP contribution in [-0.4, -0.2) is 0 Å². The molecule has 53 heavy (non-hydrogen) atoms. The van der Waals surface area contributed by atoms with E-state index in [1.807, 2.05) is 6.07 Å². The maximum absolute atomic E-state index is 3.64. The van der Waals surface area contributed by atoms with E-state index in [1.165, 1.54) is 70.3 Å². The zero-order valence-electron chi connectivity index (χ0n) is 30.7. The average molecular weight is 687 g/mol. The van der Waals surface area contributed by atoms with Gasteiger partial charge in [-0.25, -0.2) is 0 Å². The number of hydrogen-bond acceptors (Lipinski definition) is 2. The molecule has 1 fully saturated rings. The van der Waals surface area contributed by atoms with E-state index in [2.05, 4.69) is 194 Å². The van der Waals surface area contributed by atoms with Gasteiger partial charge in [-0.3, -0.25) is 0 Å². The molecule has 2 aliphatic carbocycles. The number of fused-ring (bicyclic) bond motifs is 5. The lowest BCUT2D eigenvalue weighted by molar-refractivity contribution is 0.355. The third-order valence-electron chi connectivity index (χ3n) is 11.7. The van der Waals surface area contributed by atoms with E-state index in [-0.39, 0.29) is 5.41 Å². The van der Waals surface area contributed by atoms with E-state index < -0.39 is 0 Å². The van der Waals surface area contributed by atoms with Crippen LogP contribution >= 0.6 is 0 Å². The molecule has 0 aromatic heterocycles. The van der Waals surface area contributed by atoms with Crippen molar-refractivity contribution in [1.29, 1.82) is 0 Å². The van der Waals surface area contributed by atoms with Crippen LogP contribution in [0.1, 0.15) is 50.7 Å². The number of nitrogens with zero attached hydrogens (tertiary/aromatic N) is 1. The van der Waals surface area contributed by atoms with Crippen molar-refractivity contribution < 1.29 is 0 Å². The molecule has 0 bridgehead atoms. The maximum Gasteiger partial charge on any atom is 0.0467 e. The van der Waals surface area contributed by atoms with Gasteiger partial charge in [-0.05, 0) is 131 Å². The lowest BCUT2D eigenvalue weighted by Crippen LogP contribution is -2.30. The first-order valence-corrected chi connectivity index (χ1v) is 19.3. The fourth-order valence-corrected chi connectivity index (χ4v) is 9.62. The highest BCUT2D eigenvalue weighted by atomic mass is 15.1. The van der Waals surface area contributed by atoms with Crippen LogP contribution in [0.25, 0.3) is 33.4 Å². The normalized spacial score (nSPS) is 18.5. The number of hydrogen-bond donors (Lipinski definition) is 1. The van der Waals surface area contributed by atoms with Crippen molar-refractivity contribution in [2.24, 2.45) is 11.8 Å². The summed E-state index contributed by atoms with van der Waals surface area (Å²) in [6.07, 6.45) is 4.99. The molecule has 2 nitrogen and oxygen atoms in total. The minimum absolute atomic E-state index is 0.0632. The molecule has 0 amide bonds. The molecule has 0 saturated heterocycles. The highest BCUT2D eigenvalue weighted by Gasteiger charge is 2.52. The molecule has 1 N–H and O–H groups in total. The fraction of sp³-hybridized carbons (Fsp3) is 0.176. The summed E-state index contributed by atoms with van der Waals surface area (Å²) >= 11 is 0. The van der Waals surface area contributed by atoms with E-state index in [1.54, 1.807) is 5.56 Å². The van der Waals surface area contributed by atoms with Gasteiger partial charge in [0, 0.05) is 39.4 Å². The number of benzene rings is 7. The van der Waals surface area contributed by atoms with Gasteiger partial charge in [0.05, 0.1) is 0 Å². The third-order valence-corrected chi connectivity index (χ3v) is 11.7. The standard InChI is InChI=1S/C51H46N2/c1-3-16-40-31-36(2)35-51(40)48-27-12-10-26-46(48)47-30-29-44(34-49(47)51)53(42-22-8-5-9-23-42)43-24-15-18-38(33-43)37-17-14-19-39(32-37)45-25-11-13-28-50(45)52-41-20-6-4-7-21-41/h4-15,17-30,32-34,36,40,52H,3,16,31,35H2,1-2H3. The second kappa shape index (κ2) is 13.9. The molecule has 260 valence electrons. The van der Waals surface area contributed by atoms with Crippen LogP contribution in [0.5, 0.6) is 0 Å². The van der Waals surface area contributed by atoms with Gasteiger partial charge in [-0.1, -0.05) is 136 Å². The van der Waals surface area contributed by atoms with Crippen molar-refractivity contribution in [3.05, 3.63) is 187 Å². The molecule has 0 aliphatic heterocycles. The number of anilines is 5. The first-order valence-electron chi connectivity index (χ1n) is 19.3. The predicted octanol–water partition coefficient (Wildman–Crippen LogP) is 14.3. The van der Waals surface area contributed by atoms with Crippen molar-refractivity contribution in [3.63, 3.8) is 0 Å². The Labute approximate surface area is 314 Å². The molecule has 7 aromatic carbocycles. The molecule has 9 rings (SSSR count). The molecule has 7 aromatic rings. The highest BCUT2D eigenvalue weighted by molar-refractivity contribution is 5.88. The average Bonchev–Trinajstić information content (AvgIpc) is 3.69. The lowest BCUT2D eigenvalue weighted by atomic mass is 9.68. The molecule has 0 radical (unpaired) electrons. The molecule has 2 heteroatoms. The molecule has 0 heterocycles. The summed E-state index contributed by atoms with van der Waals surface area (Å²) < 4.78 is 0. The van der Waals surface area contributed by atoms with Gasteiger partial charge in [-0.15, -0.1) is 0 Å². The van der Waals surface area contributed by atoms with Crippen LogP contribution in [0.2, 0.25) is 0 Å². The Bertz CT molecular complexity index is 2380. The number of para-hydroxylation sites is 3. The summed E-state index contributed by atoms with van der Waals surface area (Å²) in [5.41, 5.74) is 16.4. The lowest BCUT2D eigenvalue weighted by Gasteiger charge is -2.35. The van der Waals surface area contributed by atoms with Crippen LogP contribution < -0.4 is 10.2 Å². The second-order valence-electron chi connectivity index (χ2n) is 15.1. The van der Waals surface area contributed by atoms with Crippen LogP contribution in [0.15, 0.2) is 176 Å². The Kier molecular flexibility index (Phi) is 8.68. The van der Waals surface area contributed by atoms with Gasteiger partial charge in [-0.2, -0.15) is 0 Å². The van der Waals surface area contributed by atoms with Crippen molar-refractivity contribution in [1.82, 2.24) is 0 Å². The predicted molar refractivity (Wildman–Crippen MR) is 225 cm³/mol. The van der Waals surface area contributed by atoms with Gasteiger partial charge in [0.2, 0.25) is 0 Å². The zero-order chi connectivity index (χ0) is 35.8. The van der Waals surface area contributed by atoms with E-state index in [4.69, 9.17) is 0 Å². The van der Waals surface area contributed by atoms with Gasteiger partial charge < -0.3 is 10.2 Å². The smallest absolute Gasteiger partial charge is 0.0467 e. The van der Waals surface area contributed by atoms with Gasteiger partial charge in [0.15, 0.2) is 0 Å². The van der Waals surface area contributed by atoms with Gasteiger partial charge in [0.1, 0.15) is 0 Å². The zero-order valence-corrected chi connectivity index (χ0v) is 30.7. The Balaban J connectivity index is 1.13. The quantitative estimate of drug-likeness (QED) is 0.163. The third kappa shape index (κ3) is 5.93. The monoisotopic (exact) mass is 686 g/mol. The Morgan fingerprint density at radius 1 is 0.547 bits per heavy atom. The maximum atomic E-state index is 3.64. The second-order valence-corrected chi connectivity index (χ2v) is 15.1. The molecule has 2 aliphatic rings. The van der Waals surface area contributed by atoms with Gasteiger partial charge >= 0.3 is 0 Å². The topological polar surface area (TPSA) is 15.3 Å². The minimum Gasteiger partial charge on any atom is -0.355 e. The summed E-state index contributed by atoms with van der Waals surface area (Å²) in [5, 5.41) is 3.64. The van der Waals surface area contributed by atoms with Crippen molar-refractivity contribution in [3.8, 4) is 33.4 Å². The van der Waals surface area contributed by atoms with Crippen molar-refractivity contribution >= 4 is 28.4 Å². The van der Waals surface area contributed by atoms with Crippen LogP contribution in [0.4, 0.5) is 28.4 Å². The summed E-state index contributed by atoms with van der Waals surface area (Å²) in [6, 6.07) is 64.4. The molecule has 1 saturated carbocycles.